The van der Waals surface area contributed by atoms with Gasteiger partial charge < -0.3 is 19.8 Å². The van der Waals surface area contributed by atoms with E-state index < -0.39 is 17.7 Å². The Kier molecular flexibility index (Phi) is 5.41. The molecule has 2 heterocycles. The van der Waals surface area contributed by atoms with Crippen LogP contribution >= 0.6 is 0 Å². The molecule has 3 aromatic rings. The number of aromatic nitrogens is 1. The summed E-state index contributed by atoms with van der Waals surface area (Å²) in [6.45, 7) is 0.0830. The fourth-order valence-corrected chi connectivity index (χ4v) is 3.70. The van der Waals surface area contributed by atoms with E-state index in [1.54, 1.807) is 60.8 Å². The summed E-state index contributed by atoms with van der Waals surface area (Å²) in [6, 6.07) is 17.4. The van der Waals surface area contributed by atoms with Crippen molar-refractivity contribution in [1.82, 2.24) is 9.88 Å². The molecule has 4 rings (SSSR count). The average molecular weight is 416 g/mol. The van der Waals surface area contributed by atoms with Crippen molar-refractivity contribution >= 4 is 17.4 Å². The summed E-state index contributed by atoms with van der Waals surface area (Å²) >= 11 is 0. The molecule has 31 heavy (non-hydrogen) atoms. The van der Waals surface area contributed by atoms with Gasteiger partial charge in [0.15, 0.2) is 0 Å². The number of rotatable bonds is 5. The number of benzene rings is 2. The minimum atomic E-state index is -0.854. The molecule has 0 bridgehead atoms. The highest BCUT2D eigenvalue weighted by Gasteiger charge is 2.46. The Balaban J connectivity index is 1.89. The number of methoxy groups -OCH3 is 1. The third-order valence-corrected chi connectivity index (χ3v) is 5.17. The normalized spacial score (nSPS) is 17.7. The zero-order valence-corrected chi connectivity index (χ0v) is 16.7. The molecule has 0 spiro atoms. The largest absolute Gasteiger partial charge is 0.508 e. The molecule has 1 aromatic heterocycles. The maximum Gasteiger partial charge on any atom is 0.296 e. The highest BCUT2D eigenvalue weighted by atomic mass is 16.5. The van der Waals surface area contributed by atoms with E-state index in [1.165, 1.54) is 24.1 Å². The van der Waals surface area contributed by atoms with E-state index >= 15 is 0 Å². The first-order chi connectivity index (χ1) is 15.0. The first-order valence-electron chi connectivity index (χ1n) is 9.62. The van der Waals surface area contributed by atoms with Crippen LogP contribution in [0, 0.1) is 0 Å². The highest BCUT2D eigenvalue weighted by Crippen LogP contribution is 2.41. The molecule has 1 fully saturated rings. The number of carbonyl (C=O) groups excluding carboxylic acids is 2. The number of hydrogen-bond donors (Lipinski definition) is 2. The fraction of sp³-hybridized carbons (Fsp3) is 0.125. The third-order valence-electron chi connectivity index (χ3n) is 5.17. The third kappa shape index (κ3) is 3.73. The van der Waals surface area contributed by atoms with Crippen LogP contribution in [0.25, 0.3) is 5.76 Å². The fourth-order valence-electron chi connectivity index (χ4n) is 3.70. The van der Waals surface area contributed by atoms with Crippen molar-refractivity contribution in [2.45, 2.75) is 12.6 Å². The number of amides is 1. The monoisotopic (exact) mass is 416 g/mol. The van der Waals surface area contributed by atoms with Gasteiger partial charge in [-0.2, -0.15) is 0 Å². The number of pyridine rings is 1. The quantitative estimate of drug-likeness (QED) is 0.376. The summed E-state index contributed by atoms with van der Waals surface area (Å²) in [5, 5.41) is 20.8. The Morgan fingerprint density at radius 3 is 2.42 bits per heavy atom. The molecule has 0 aliphatic carbocycles. The van der Waals surface area contributed by atoms with E-state index in [0.29, 0.717) is 22.6 Å². The van der Waals surface area contributed by atoms with Gasteiger partial charge in [-0.3, -0.25) is 14.6 Å². The number of phenolic OH excluding ortho intramolecular Hbond substituents is 1. The number of ether oxygens (including phenoxy) is 1. The molecule has 0 radical (unpaired) electrons. The topological polar surface area (TPSA) is 100.0 Å². The van der Waals surface area contributed by atoms with E-state index in [2.05, 4.69) is 4.98 Å². The number of hydrogen-bond acceptors (Lipinski definition) is 6. The maximum atomic E-state index is 13.1. The summed E-state index contributed by atoms with van der Waals surface area (Å²) in [5.41, 5.74) is 1.44. The van der Waals surface area contributed by atoms with Gasteiger partial charge in [0, 0.05) is 6.20 Å². The van der Waals surface area contributed by atoms with Crippen molar-refractivity contribution in [3.8, 4) is 11.5 Å². The number of aliphatic hydroxyl groups is 1. The number of nitrogens with zero attached hydrogens (tertiary/aromatic N) is 2. The van der Waals surface area contributed by atoms with Gasteiger partial charge in [-0.15, -0.1) is 0 Å². The van der Waals surface area contributed by atoms with Gasteiger partial charge in [0.1, 0.15) is 17.3 Å². The second-order valence-electron chi connectivity index (χ2n) is 7.04. The van der Waals surface area contributed by atoms with E-state index in [4.69, 9.17) is 4.74 Å². The molecule has 1 aliphatic heterocycles. The lowest BCUT2D eigenvalue weighted by atomic mass is 9.95. The van der Waals surface area contributed by atoms with Crippen LogP contribution < -0.4 is 4.74 Å². The van der Waals surface area contributed by atoms with Crippen LogP contribution in [-0.2, 0) is 16.1 Å². The van der Waals surface area contributed by atoms with Crippen molar-refractivity contribution in [2.24, 2.45) is 0 Å². The lowest BCUT2D eigenvalue weighted by molar-refractivity contribution is -0.140. The van der Waals surface area contributed by atoms with E-state index in [9.17, 15) is 19.8 Å². The summed E-state index contributed by atoms with van der Waals surface area (Å²) < 4.78 is 5.32. The molecule has 7 nitrogen and oxygen atoms in total. The van der Waals surface area contributed by atoms with Crippen LogP contribution in [0.2, 0.25) is 0 Å². The molecule has 0 saturated carbocycles. The van der Waals surface area contributed by atoms with Gasteiger partial charge in [-0.1, -0.05) is 30.3 Å². The van der Waals surface area contributed by atoms with Gasteiger partial charge in [0.05, 0.1) is 36.5 Å². The Bertz CT molecular complexity index is 1160. The van der Waals surface area contributed by atoms with Crippen LogP contribution in [0.4, 0.5) is 0 Å². The van der Waals surface area contributed by atoms with E-state index in [1.807, 2.05) is 0 Å². The van der Waals surface area contributed by atoms with Crippen molar-refractivity contribution in [1.29, 1.82) is 0 Å². The number of aromatic hydroxyl groups is 1. The molecule has 1 aliphatic rings. The van der Waals surface area contributed by atoms with Gasteiger partial charge in [-0.25, -0.2) is 0 Å². The van der Waals surface area contributed by atoms with Crippen molar-refractivity contribution in [3.05, 3.63) is 95.3 Å². The van der Waals surface area contributed by atoms with Gasteiger partial charge >= 0.3 is 0 Å². The Morgan fingerprint density at radius 1 is 1.03 bits per heavy atom. The molecule has 156 valence electrons. The standard InChI is InChI=1S/C24H20N2O5/c1-31-19-8-3-2-7-18(19)22(28)20-21(15-9-11-17(27)12-10-15)26(24(30)23(20)29)14-16-6-4-5-13-25-16/h2-13,21,27-28H,14H2,1H3/b22-20-. The van der Waals surface area contributed by atoms with E-state index in [-0.39, 0.29) is 23.6 Å². The van der Waals surface area contributed by atoms with Crippen LogP contribution in [0.1, 0.15) is 22.9 Å². The smallest absolute Gasteiger partial charge is 0.296 e. The van der Waals surface area contributed by atoms with Crippen LogP contribution in [0.3, 0.4) is 0 Å². The second kappa shape index (κ2) is 8.31. The van der Waals surface area contributed by atoms with Crippen LogP contribution in [0.5, 0.6) is 11.5 Å². The Hall–Kier alpha value is -4.13. The summed E-state index contributed by atoms with van der Waals surface area (Å²) in [5.74, 6) is -1.43. The van der Waals surface area contributed by atoms with Gasteiger partial charge in [0.25, 0.3) is 11.7 Å². The zero-order valence-electron chi connectivity index (χ0n) is 16.7. The zero-order chi connectivity index (χ0) is 22.0. The minimum absolute atomic E-state index is 0.0453. The van der Waals surface area contributed by atoms with Crippen molar-refractivity contribution in [2.75, 3.05) is 7.11 Å². The number of carbonyl (C=O) groups is 2. The number of likely N-dealkylation sites (tertiary alicyclic amines) is 1. The Morgan fingerprint density at radius 2 is 1.74 bits per heavy atom. The Labute approximate surface area is 178 Å². The number of phenols is 1. The first kappa shape index (κ1) is 20.2. The summed E-state index contributed by atoms with van der Waals surface area (Å²) in [4.78, 5) is 31.7. The SMILES string of the molecule is COc1ccccc1/C(O)=C1/C(=O)C(=O)N(Cc2ccccn2)C1c1ccc(O)cc1. The first-order valence-corrected chi connectivity index (χ1v) is 9.62. The molecule has 7 heteroatoms. The van der Waals surface area contributed by atoms with Gasteiger partial charge in [0.2, 0.25) is 0 Å². The molecular weight excluding hydrogens is 396 g/mol. The van der Waals surface area contributed by atoms with Gasteiger partial charge in [-0.05, 0) is 42.0 Å². The molecule has 1 amide bonds. The second-order valence-corrected chi connectivity index (χ2v) is 7.04. The predicted molar refractivity (Wildman–Crippen MR) is 113 cm³/mol. The number of aliphatic hydroxyl groups excluding tert-OH is 1. The highest BCUT2D eigenvalue weighted by molar-refractivity contribution is 6.46. The molecule has 1 unspecified atom stereocenters. The molecule has 2 aromatic carbocycles. The van der Waals surface area contributed by atoms with Crippen molar-refractivity contribution in [3.63, 3.8) is 0 Å². The number of Topliss-reactive ketones (excluding diaryl/α,β-unsaturated/α-hetero) is 1. The molecule has 2 N–H and O–H groups in total. The van der Waals surface area contributed by atoms with Crippen LogP contribution in [0.15, 0.2) is 78.5 Å². The minimum Gasteiger partial charge on any atom is -0.508 e. The van der Waals surface area contributed by atoms with Crippen molar-refractivity contribution < 1.29 is 24.5 Å². The number of para-hydroxylation sites is 1. The molecule has 1 saturated heterocycles. The van der Waals surface area contributed by atoms with E-state index in [0.717, 1.165) is 0 Å². The summed E-state index contributed by atoms with van der Waals surface area (Å²) in [7, 11) is 1.46. The maximum absolute atomic E-state index is 13.1. The average Bonchev–Trinajstić information content (AvgIpc) is 3.04. The number of ketones is 1. The lowest BCUT2D eigenvalue weighted by Gasteiger charge is -2.25. The molecule has 1 atom stereocenters. The molecular formula is C24H20N2O5. The van der Waals surface area contributed by atoms with Crippen LogP contribution in [-0.4, -0.2) is 38.9 Å². The summed E-state index contributed by atoms with van der Waals surface area (Å²) in [6.07, 6.45) is 1.61. The lowest BCUT2D eigenvalue weighted by Crippen LogP contribution is -2.29. The predicted octanol–water partition coefficient (Wildman–Crippen LogP) is 3.42.